The first-order valence-corrected chi connectivity index (χ1v) is 13.0. The van der Waals surface area contributed by atoms with E-state index >= 15 is 0 Å². The second-order valence-corrected chi connectivity index (χ2v) is 10.4. The van der Waals surface area contributed by atoms with E-state index in [-0.39, 0.29) is 5.92 Å². The van der Waals surface area contributed by atoms with Gasteiger partial charge in [0, 0.05) is 38.3 Å². The summed E-state index contributed by atoms with van der Waals surface area (Å²) in [7, 11) is 5.09. The molecule has 4 aromatic rings. The Balaban J connectivity index is 1.82. The Bertz CT molecular complexity index is 1380. The van der Waals surface area contributed by atoms with E-state index < -0.39 is 0 Å². The zero-order valence-electron chi connectivity index (χ0n) is 18.8. The molecule has 0 N–H and O–H groups in total. The van der Waals surface area contributed by atoms with Crippen molar-refractivity contribution in [1.29, 1.82) is 0 Å². The molecular weight excluding hydrogens is 448 g/mol. The molecule has 0 spiro atoms. The van der Waals surface area contributed by atoms with E-state index in [9.17, 15) is 0 Å². The normalized spacial score (nSPS) is 16.2. The van der Waals surface area contributed by atoms with Crippen molar-refractivity contribution < 1.29 is 14.2 Å². The molecule has 5 heteroatoms. The molecule has 3 nitrogen and oxygen atoms in total. The van der Waals surface area contributed by atoms with Gasteiger partial charge in [-0.05, 0) is 33.5 Å². The van der Waals surface area contributed by atoms with Gasteiger partial charge in [0.05, 0.1) is 21.3 Å². The number of ether oxygens (including phenoxy) is 3. The van der Waals surface area contributed by atoms with Crippen LogP contribution in [0, 0.1) is 0 Å². The van der Waals surface area contributed by atoms with E-state index in [1.54, 1.807) is 21.3 Å². The minimum atomic E-state index is 0.0497. The van der Waals surface area contributed by atoms with E-state index in [0.717, 1.165) is 22.8 Å². The van der Waals surface area contributed by atoms with Crippen LogP contribution in [-0.2, 0) is 0 Å². The van der Waals surface area contributed by atoms with E-state index in [0.29, 0.717) is 11.5 Å². The molecule has 0 aromatic heterocycles. The number of rotatable bonds is 4. The quantitative estimate of drug-likeness (QED) is 0.275. The summed E-state index contributed by atoms with van der Waals surface area (Å²) < 4.78 is 17.6. The van der Waals surface area contributed by atoms with Crippen molar-refractivity contribution in [2.75, 3.05) is 32.8 Å². The van der Waals surface area contributed by atoms with Gasteiger partial charge in [-0.25, -0.2) is 0 Å². The van der Waals surface area contributed by atoms with Gasteiger partial charge in [0.15, 0.2) is 11.5 Å². The van der Waals surface area contributed by atoms with Crippen LogP contribution in [0.25, 0.3) is 21.9 Å². The van der Waals surface area contributed by atoms with Crippen molar-refractivity contribution in [2.45, 2.75) is 15.7 Å². The monoisotopic (exact) mass is 472 g/mol. The zero-order valence-corrected chi connectivity index (χ0v) is 20.4. The highest BCUT2D eigenvalue weighted by Crippen LogP contribution is 2.62. The highest BCUT2D eigenvalue weighted by molar-refractivity contribution is 8.05. The van der Waals surface area contributed by atoms with Crippen molar-refractivity contribution in [3.05, 3.63) is 77.4 Å². The van der Waals surface area contributed by atoms with Gasteiger partial charge in [-0.15, -0.1) is 23.5 Å². The molecule has 1 aliphatic heterocycles. The van der Waals surface area contributed by atoms with Gasteiger partial charge in [0.1, 0.15) is 0 Å². The lowest BCUT2D eigenvalue weighted by molar-refractivity contribution is 0.322. The van der Waals surface area contributed by atoms with Crippen LogP contribution in [0.15, 0.2) is 70.5 Å². The van der Waals surface area contributed by atoms with E-state index in [1.165, 1.54) is 42.8 Å². The first kappa shape index (κ1) is 20.8. The zero-order chi connectivity index (χ0) is 22.5. The molecular formula is C28H24O3S2. The third-order valence-electron chi connectivity index (χ3n) is 6.59. The number of thioether (sulfide) groups is 2. The van der Waals surface area contributed by atoms with E-state index in [1.807, 2.05) is 23.5 Å². The van der Waals surface area contributed by atoms with Gasteiger partial charge in [-0.3, -0.25) is 0 Å². The molecule has 0 bridgehead atoms. The van der Waals surface area contributed by atoms with Gasteiger partial charge in [-0.1, -0.05) is 54.6 Å². The molecule has 6 rings (SSSR count). The molecule has 0 unspecified atom stereocenters. The summed E-state index contributed by atoms with van der Waals surface area (Å²) in [5, 5.41) is 2.65. The predicted molar refractivity (Wildman–Crippen MR) is 138 cm³/mol. The van der Waals surface area contributed by atoms with Crippen LogP contribution in [0.3, 0.4) is 0 Å². The summed E-state index contributed by atoms with van der Waals surface area (Å²) in [4.78, 5) is 2.78. The Morgan fingerprint density at radius 2 is 1.36 bits per heavy atom. The van der Waals surface area contributed by atoms with Gasteiger partial charge in [0.2, 0.25) is 5.75 Å². The molecule has 1 atom stereocenters. The fourth-order valence-corrected chi connectivity index (χ4v) is 7.94. The predicted octanol–water partition coefficient (Wildman–Crippen LogP) is 7.22. The van der Waals surface area contributed by atoms with Gasteiger partial charge in [-0.2, -0.15) is 0 Å². The van der Waals surface area contributed by atoms with Crippen LogP contribution < -0.4 is 14.2 Å². The summed E-state index contributed by atoms with van der Waals surface area (Å²) in [5.41, 5.74) is 6.27. The minimum absolute atomic E-state index is 0.0497. The summed E-state index contributed by atoms with van der Waals surface area (Å²) >= 11 is 3.95. The van der Waals surface area contributed by atoms with Crippen LogP contribution in [0.1, 0.15) is 22.6 Å². The lowest BCUT2D eigenvalue weighted by Crippen LogP contribution is -2.05. The first-order valence-electron chi connectivity index (χ1n) is 11.0. The SMILES string of the molecule is COc1cc2c(c(OC)c1OC)[C@H](c1ccccc1)c1c-2c2c(c3ccccc13)SCCS2. The van der Waals surface area contributed by atoms with E-state index in [4.69, 9.17) is 14.2 Å². The van der Waals surface area contributed by atoms with Crippen LogP contribution in [0.5, 0.6) is 17.2 Å². The Labute approximate surface area is 202 Å². The molecule has 2 aliphatic rings. The molecule has 1 aliphatic carbocycles. The summed E-state index contributed by atoms with van der Waals surface area (Å²) in [6.07, 6.45) is 0. The standard InChI is InChI=1S/C28H24O3S2/c1-29-20-15-19-23(26(31-3)25(20)30-2)21(16-9-5-4-6-10-16)22-17-11-7-8-12-18(17)27-28(24(19)22)33-14-13-32-27/h4-12,15,21H,13-14H2,1-3H3/t21-/m1/s1. The number of hydrogen-bond donors (Lipinski definition) is 0. The smallest absolute Gasteiger partial charge is 0.203 e. The number of benzene rings is 4. The molecule has 0 amide bonds. The molecule has 4 aromatic carbocycles. The van der Waals surface area contributed by atoms with Crippen molar-refractivity contribution >= 4 is 34.3 Å². The molecule has 166 valence electrons. The lowest BCUT2D eigenvalue weighted by Gasteiger charge is -2.23. The highest BCUT2D eigenvalue weighted by atomic mass is 32.2. The van der Waals surface area contributed by atoms with Crippen molar-refractivity contribution in [2.24, 2.45) is 0 Å². The van der Waals surface area contributed by atoms with Crippen molar-refractivity contribution in [3.63, 3.8) is 0 Å². The minimum Gasteiger partial charge on any atom is -0.493 e. The average Bonchev–Trinajstić information content (AvgIpc) is 3.23. The van der Waals surface area contributed by atoms with Crippen LogP contribution in [0.2, 0.25) is 0 Å². The number of methoxy groups -OCH3 is 3. The third-order valence-corrected chi connectivity index (χ3v) is 9.20. The summed E-state index contributed by atoms with van der Waals surface area (Å²) in [5.74, 6) is 4.38. The fourth-order valence-electron chi connectivity index (χ4n) is 5.34. The Hall–Kier alpha value is -2.76. The first-order chi connectivity index (χ1) is 16.3. The number of hydrogen-bond acceptors (Lipinski definition) is 5. The van der Waals surface area contributed by atoms with Gasteiger partial charge < -0.3 is 14.2 Å². The molecule has 1 heterocycles. The average molecular weight is 473 g/mol. The van der Waals surface area contributed by atoms with Crippen LogP contribution in [0.4, 0.5) is 0 Å². The molecule has 33 heavy (non-hydrogen) atoms. The molecule has 0 saturated heterocycles. The van der Waals surface area contributed by atoms with Gasteiger partial charge in [0.25, 0.3) is 0 Å². The van der Waals surface area contributed by atoms with Crippen molar-refractivity contribution in [1.82, 2.24) is 0 Å². The third kappa shape index (κ3) is 2.99. The van der Waals surface area contributed by atoms with Crippen LogP contribution in [-0.4, -0.2) is 32.8 Å². The Morgan fingerprint density at radius 1 is 0.697 bits per heavy atom. The fraction of sp³-hybridized carbons (Fsp3) is 0.214. The summed E-state index contributed by atoms with van der Waals surface area (Å²) in [6, 6.07) is 21.7. The topological polar surface area (TPSA) is 27.7 Å². The maximum Gasteiger partial charge on any atom is 0.203 e. The second-order valence-electron chi connectivity index (χ2n) is 8.14. The highest BCUT2D eigenvalue weighted by Gasteiger charge is 2.40. The van der Waals surface area contributed by atoms with Crippen molar-refractivity contribution in [3.8, 4) is 28.4 Å². The van der Waals surface area contributed by atoms with Gasteiger partial charge >= 0.3 is 0 Å². The second kappa shape index (κ2) is 8.23. The maximum absolute atomic E-state index is 6.04. The lowest BCUT2D eigenvalue weighted by atomic mass is 9.86. The Morgan fingerprint density at radius 3 is 2.06 bits per heavy atom. The molecule has 0 fully saturated rings. The number of fused-ring (bicyclic) bond motifs is 8. The summed E-state index contributed by atoms with van der Waals surface area (Å²) in [6.45, 7) is 0. The maximum atomic E-state index is 6.04. The largest absolute Gasteiger partial charge is 0.493 e. The molecule has 0 radical (unpaired) electrons. The molecule has 0 saturated carbocycles. The van der Waals surface area contributed by atoms with Crippen LogP contribution >= 0.6 is 23.5 Å². The Kier molecular flexibility index (Phi) is 5.19. The van der Waals surface area contributed by atoms with E-state index in [2.05, 4.69) is 60.7 Å².